The van der Waals surface area contributed by atoms with E-state index in [0.717, 1.165) is 45.6 Å². The minimum absolute atomic E-state index is 0.0314. The third-order valence-electron chi connectivity index (χ3n) is 6.01. The standard InChI is InChI=1S/C25H24N4O2/c1-16-13-18(7-9-23(16)31-3)24-20-10-12-29(15-22(20)27-28(24)2)25(30)19-6-8-21-17(14-19)5-4-11-26-21/h4-9,11,13-14H,10,12,15H2,1-3H3. The first-order chi connectivity index (χ1) is 15.0. The van der Waals surface area contributed by atoms with Gasteiger partial charge in [0.25, 0.3) is 5.91 Å². The van der Waals surface area contributed by atoms with Gasteiger partial charge in [0.05, 0.1) is 30.6 Å². The Balaban J connectivity index is 1.44. The number of aryl methyl sites for hydroxylation is 2. The maximum atomic E-state index is 13.2. The molecule has 2 aromatic heterocycles. The topological polar surface area (TPSA) is 60.2 Å². The van der Waals surface area contributed by atoms with E-state index in [4.69, 9.17) is 9.84 Å². The van der Waals surface area contributed by atoms with Gasteiger partial charge >= 0.3 is 0 Å². The molecule has 0 saturated carbocycles. The Hall–Kier alpha value is -3.67. The van der Waals surface area contributed by atoms with E-state index < -0.39 is 0 Å². The summed E-state index contributed by atoms with van der Waals surface area (Å²) in [6.45, 7) is 3.23. The zero-order valence-corrected chi connectivity index (χ0v) is 17.9. The van der Waals surface area contributed by atoms with E-state index in [-0.39, 0.29) is 5.91 Å². The number of pyridine rings is 1. The van der Waals surface area contributed by atoms with Crippen molar-refractivity contribution in [3.05, 3.63) is 77.1 Å². The predicted molar refractivity (Wildman–Crippen MR) is 120 cm³/mol. The maximum absolute atomic E-state index is 13.2. The molecule has 0 bridgehead atoms. The van der Waals surface area contributed by atoms with Crippen LogP contribution in [0.3, 0.4) is 0 Å². The van der Waals surface area contributed by atoms with Crippen LogP contribution in [0.1, 0.15) is 27.2 Å². The molecule has 0 N–H and O–H groups in total. The zero-order valence-electron chi connectivity index (χ0n) is 17.9. The van der Waals surface area contributed by atoms with Crippen molar-refractivity contribution >= 4 is 16.8 Å². The number of amides is 1. The second kappa shape index (κ2) is 7.54. The van der Waals surface area contributed by atoms with Gasteiger partial charge in [-0.25, -0.2) is 0 Å². The highest BCUT2D eigenvalue weighted by atomic mass is 16.5. The molecule has 4 aromatic rings. The number of carbonyl (C=O) groups excluding carboxylic acids is 1. The second-order valence-corrected chi connectivity index (χ2v) is 7.97. The summed E-state index contributed by atoms with van der Waals surface area (Å²) in [6, 6.07) is 15.8. The lowest BCUT2D eigenvalue weighted by Gasteiger charge is -2.27. The van der Waals surface area contributed by atoms with Gasteiger partial charge in [0, 0.05) is 41.9 Å². The van der Waals surface area contributed by atoms with Crippen molar-refractivity contribution < 1.29 is 9.53 Å². The number of hydrogen-bond acceptors (Lipinski definition) is 4. The van der Waals surface area contributed by atoms with E-state index in [1.807, 2.05) is 60.0 Å². The lowest BCUT2D eigenvalue weighted by Crippen LogP contribution is -2.36. The van der Waals surface area contributed by atoms with Gasteiger partial charge in [-0.05, 0) is 61.4 Å². The Kier molecular flexibility index (Phi) is 4.70. The highest BCUT2D eigenvalue weighted by molar-refractivity contribution is 5.98. The van der Waals surface area contributed by atoms with Gasteiger partial charge in [-0.15, -0.1) is 0 Å². The van der Waals surface area contributed by atoms with Crippen molar-refractivity contribution in [1.82, 2.24) is 19.7 Å². The molecule has 5 rings (SSSR count). The predicted octanol–water partition coefficient (Wildman–Crippen LogP) is 4.15. The van der Waals surface area contributed by atoms with Crippen molar-refractivity contribution in [2.24, 2.45) is 7.05 Å². The lowest BCUT2D eigenvalue weighted by molar-refractivity contribution is 0.0732. The molecule has 0 saturated heterocycles. The smallest absolute Gasteiger partial charge is 0.254 e. The SMILES string of the molecule is COc1ccc(-c2c3c(nn2C)CN(C(=O)c2ccc4ncccc4c2)CC3)cc1C. The van der Waals surface area contributed by atoms with Gasteiger partial charge in [-0.3, -0.25) is 14.5 Å². The van der Waals surface area contributed by atoms with Crippen molar-refractivity contribution in [2.75, 3.05) is 13.7 Å². The number of nitrogens with zero attached hydrogens (tertiary/aromatic N) is 4. The Bertz CT molecular complexity index is 1310. The average Bonchev–Trinajstić information content (AvgIpc) is 3.13. The quantitative estimate of drug-likeness (QED) is 0.507. The first-order valence-electron chi connectivity index (χ1n) is 10.4. The van der Waals surface area contributed by atoms with Crippen LogP contribution in [0.4, 0.5) is 0 Å². The van der Waals surface area contributed by atoms with Gasteiger partial charge in [0.1, 0.15) is 5.75 Å². The molecule has 0 atom stereocenters. The number of methoxy groups -OCH3 is 1. The number of carbonyl (C=O) groups is 1. The maximum Gasteiger partial charge on any atom is 0.254 e. The van der Waals surface area contributed by atoms with Gasteiger partial charge in [-0.1, -0.05) is 6.07 Å². The number of benzene rings is 2. The summed E-state index contributed by atoms with van der Waals surface area (Å²) in [5.41, 5.74) is 7.09. The highest BCUT2D eigenvalue weighted by Crippen LogP contribution is 2.33. The summed E-state index contributed by atoms with van der Waals surface area (Å²) < 4.78 is 7.33. The summed E-state index contributed by atoms with van der Waals surface area (Å²) in [7, 11) is 3.65. The third-order valence-corrected chi connectivity index (χ3v) is 6.01. The van der Waals surface area contributed by atoms with E-state index >= 15 is 0 Å². The van der Waals surface area contributed by atoms with Crippen LogP contribution in [0.25, 0.3) is 22.2 Å². The second-order valence-electron chi connectivity index (χ2n) is 7.97. The normalized spacial score (nSPS) is 13.3. The van der Waals surface area contributed by atoms with Crippen molar-refractivity contribution in [3.63, 3.8) is 0 Å². The van der Waals surface area contributed by atoms with Crippen molar-refractivity contribution in [2.45, 2.75) is 19.9 Å². The number of ether oxygens (including phenoxy) is 1. The van der Waals surface area contributed by atoms with Crippen LogP contribution in [0.2, 0.25) is 0 Å². The summed E-state index contributed by atoms with van der Waals surface area (Å²) in [4.78, 5) is 19.4. The largest absolute Gasteiger partial charge is 0.496 e. The molecule has 3 heterocycles. The molecule has 1 aliphatic heterocycles. The minimum Gasteiger partial charge on any atom is -0.496 e. The first kappa shape index (κ1) is 19.3. The van der Waals surface area contributed by atoms with Gasteiger partial charge in [-0.2, -0.15) is 5.10 Å². The molecule has 0 spiro atoms. The van der Waals surface area contributed by atoms with E-state index in [0.29, 0.717) is 18.7 Å². The number of aromatic nitrogens is 3. The fourth-order valence-electron chi connectivity index (χ4n) is 4.47. The summed E-state index contributed by atoms with van der Waals surface area (Å²) in [6.07, 6.45) is 2.55. The van der Waals surface area contributed by atoms with E-state index in [1.165, 1.54) is 5.56 Å². The molecule has 0 radical (unpaired) electrons. The highest BCUT2D eigenvalue weighted by Gasteiger charge is 2.27. The van der Waals surface area contributed by atoms with E-state index in [1.54, 1.807) is 13.3 Å². The average molecular weight is 412 g/mol. The molecule has 0 fully saturated rings. The first-order valence-corrected chi connectivity index (χ1v) is 10.4. The molecule has 6 nitrogen and oxygen atoms in total. The fraction of sp³-hybridized carbons (Fsp3) is 0.240. The van der Waals surface area contributed by atoms with Crippen LogP contribution < -0.4 is 4.74 Å². The van der Waals surface area contributed by atoms with Crippen molar-refractivity contribution in [1.29, 1.82) is 0 Å². The Labute approximate surface area is 181 Å². The Morgan fingerprint density at radius 2 is 2.00 bits per heavy atom. The van der Waals surface area contributed by atoms with Gasteiger partial charge < -0.3 is 9.64 Å². The Morgan fingerprint density at radius 3 is 2.81 bits per heavy atom. The van der Waals surface area contributed by atoms with Crippen molar-refractivity contribution in [3.8, 4) is 17.0 Å². The molecule has 6 heteroatoms. The van der Waals surface area contributed by atoms with E-state index in [9.17, 15) is 4.79 Å². The molecule has 1 aliphatic rings. The van der Waals surface area contributed by atoms with Crippen LogP contribution >= 0.6 is 0 Å². The summed E-state index contributed by atoms with van der Waals surface area (Å²) >= 11 is 0. The number of rotatable bonds is 3. The number of hydrogen-bond donors (Lipinski definition) is 0. The molecular weight excluding hydrogens is 388 g/mol. The minimum atomic E-state index is 0.0314. The van der Waals surface area contributed by atoms with Crippen LogP contribution in [0.5, 0.6) is 5.75 Å². The zero-order chi connectivity index (χ0) is 21.5. The van der Waals surface area contributed by atoms with Crippen LogP contribution in [0, 0.1) is 6.92 Å². The molecular formula is C25H24N4O2. The Morgan fingerprint density at radius 1 is 1.13 bits per heavy atom. The molecule has 0 unspecified atom stereocenters. The third kappa shape index (κ3) is 3.34. The lowest BCUT2D eigenvalue weighted by atomic mass is 9.98. The molecule has 31 heavy (non-hydrogen) atoms. The van der Waals surface area contributed by atoms with Crippen LogP contribution in [-0.4, -0.2) is 39.2 Å². The van der Waals surface area contributed by atoms with Crippen LogP contribution in [0.15, 0.2) is 54.7 Å². The molecule has 2 aromatic carbocycles. The fourth-order valence-corrected chi connectivity index (χ4v) is 4.47. The molecule has 0 aliphatic carbocycles. The summed E-state index contributed by atoms with van der Waals surface area (Å²) in [5.74, 6) is 0.908. The molecule has 156 valence electrons. The molecule has 1 amide bonds. The summed E-state index contributed by atoms with van der Waals surface area (Å²) in [5, 5.41) is 5.73. The van der Waals surface area contributed by atoms with Crippen LogP contribution in [-0.2, 0) is 20.0 Å². The monoisotopic (exact) mass is 412 g/mol. The van der Waals surface area contributed by atoms with E-state index in [2.05, 4.69) is 17.1 Å². The number of fused-ring (bicyclic) bond motifs is 2. The van der Waals surface area contributed by atoms with Gasteiger partial charge in [0.15, 0.2) is 0 Å². The van der Waals surface area contributed by atoms with Gasteiger partial charge in [0.2, 0.25) is 0 Å².